The van der Waals surface area contributed by atoms with Gasteiger partial charge in [0.05, 0.1) is 0 Å². The Morgan fingerprint density at radius 1 is 1.18 bits per heavy atom. The maximum absolute atomic E-state index is 13.6. The molecule has 2 aromatic carbocycles. The molecule has 5 heteroatoms. The molecule has 0 aliphatic heterocycles. The molecule has 0 aromatic heterocycles. The molecular weight excluding hydrogens is 352 g/mol. The molecule has 0 fully saturated rings. The van der Waals surface area contributed by atoms with Gasteiger partial charge >= 0.3 is 0 Å². The van der Waals surface area contributed by atoms with Crippen molar-refractivity contribution in [2.24, 2.45) is 0 Å². The van der Waals surface area contributed by atoms with Crippen molar-refractivity contribution in [1.82, 2.24) is 4.90 Å². The van der Waals surface area contributed by atoms with Gasteiger partial charge in [0.1, 0.15) is 11.6 Å². The van der Waals surface area contributed by atoms with Gasteiger partial charge in [0.25, 0.3) is 0 Å². The number of likely N-dealkylation sites (N-methyl/N-ethyl adjacent to an activating group) is 1. The molecule has 0 aliphatic carbocycles. The molecule has 0 heterocycles. The molecule has 1 amide bonds. The number of amides is 1. The van der Waals surface area contributed by atoms with Gasteiger partial charge in [-0.2, -0.15) is 0 Å². The minimum Gasteiger partial charge on any atom is -0.338 e. The molecule has 0 unspecified atom stereocenters. The summed E-state index contributed by atoms with van der Waals surface area (Å²) in [5, 5.41) is 0. The van der Waals surface area contributed by atoms with E-state index < -0.39 is 5.82 Å². The van der Waals surface area contributed by atoms with Crippen LogP contribution < -0.4 is 0 Å². The second kappa shape index (κ2) is 7.31. The molecule has 0 radical (unpaired) electrons. The van der Waals surface area contributed by atoms with Crippen LogP contribution >= 0.6 is 15.9 Å². The van der Waals surface area contributed by atoms with Gasteiger partial charge < -0.3 is 4.90 Å². The van der Waals surface area contributed by atoms with Gasteiger partial charge in [-0.25, -0.2) is 8.78 Å². The zero-order valence-corrected chi connectivity index (χ0v) is 13.5. The predicted octanol–water partition coefficient (Wildman–Crippen LogP) is 4.40. The number of benzene rings is 2. The standard InChI is InChI=1S/C17H14BrF2NO/c1-21(11-12-2-6-15(19)7-3-12)17(22)9-4-13-10-14(18)5-8-16(13)20/h2-10H,11H2,1H3. The summed E-state index contributed by atoms with van der Waals surface area (Å²) in [5.74, 6) is -0.972. The highest BCUT2D eigenvalue weighted by molar-refractivity contribution is 9.10. The topological polar surface area (TPSA) is 20.3 Å². The van der Waals surface area contributed by atoms with Gasteiger partial charge in [0.15, 0.2) is 0 Å². The fraction of sp³-hybridized carbons (Fsp3) is 0.118. The Balaban J connectivity index is 2.03. The van der Waals surface area contributed by atoms with E-state index in [1.165, 1.54) is 35.3 Å². The molecule has 0 N–H and O–H groups in total. The van der Waals surface area contributed by atoms with Crippen molar-refractivity contribution in [3.05, 3.63) is 75.8 Å². The zero-order chi connectivity index (χ0) is 16.1. The lowest BCUT2D eigenvalue weighted by Gasteiger charge is -2.15. The van der Waals surface area contributed by atoms with Crippen molar-refractivity contribution >= 4 is 27.9 Å². The van der Waals surface area contributed by atoms with E-state index in [9.17, 15) is 13.6 Å². The maximum Gasteiger partial charge on any atom is 0.246 e. The van der Waals surface area contributed by atoms with Crippen molar-refractivity contribution < 1.29 is 13.6 Å². The van der Waals surface area contributed by atoms with Crippen LogP contribution in [0.2, 0.25) is 0 Å². The third-order valence-corrected chi connectivity index (χ3v) is 3.57. The number of hydrogen-bond donors (Lipinski definition) is 0. The number of carbonyl (C=O) groups excluding carboxylic acids is 1. The molecule has 2 aromatic rings. The summed E-state index contributed by atoms with van der Waals surface area (Å²) in [7, 11) is 1.63. The number of nitrogens with zero attached hydrogens (tertiary/aromatic N) is 1. The molecule has 114 valence electrons. The Hall–Kier alpha value is -2.01. The van der Waals surface area contributed by atoms with Crippen LogP contribution in [0.5, 0.6) is 0 Å². The predicted molar refractivity (Wildman–Crippen MR) is 86.0 cm³/mol. The minimum atomic E-state index is -0.395. The van der Waals surface area contributed by atoms with Crippen molar-refractivity contribution in [2.75, 3.05) is 7.05 Å². The van der Waals surface area contributed by atoms with Crippen molar-refractivity contribution in [3.8, 4) is 0 Å². The van der Waals surface area contributed by atoms with Crippen LogP contribution in [-0.2, 0) is 11.3 Å². The van der Waals surface area contributed by atoms with Crippen LogP contribution in [0.3, 0.4) is 0 Å². The van der Waals surface area contributed by atoms with Gasteiger partial charge in [-0.05, 0) is 42.0 Å². The Labute approximate surface area is 136 Å². The van der Waals surface area contributed by atoms with Crippen LogP contribution in [0.15, 0.2) is 53.0 Å². The van der Waals surface area contributed by atoms with Gasteiger partial charge in [0, 0.05) is 29.7 Å². The zero-order valence-electron chi connectivity index (χ0n) is 11.9. The summed E-state index contributed by atoms with van der Waals surface area (Å²) in [6.45, 7) is 0.352. The first kappa shape index (κ1) is 16.4. The minimum absolute atomic E-state index is 0.260. The molecule has 0 spiro atoms. The molecule has 0 bridgehead atoms. The van der Waals surface area contributed by atoms with E-state index in [1.54, 1.807) is 31.3 Å². The van der Waals surface area contributed by atoms with Crippen LogP contribution in [0.1, 0.15) is 11.1 Å². The largest absolute Gasteiger partial charge is 0.338 e. The first-order valence-corrected chi connectivity index (χ1v) is 7.37. The lowest BCUT2D eigenvalue weighted by molar-refractivity contribution is -0.125. The summed E-state index contributed by atoms with van der Waals surface area (Å²) >= 11 is 3.26. The monoisotopic (exact) mass is 365 g/mol. The quantitative estimate of drug-likeness (QED) is 0.735. The van der Waals surface area contributed by atoms with E-state index in [-0.39, 0.29) is 11.7 Å². The molecule has 0 saturated carbocycles. The number of carbonyl (C=O) groups is 1. The van der Waals surface area contributed by atoms with Gasteiger partial charge in [-0.15, -0.1) is 0 Å². The number of rotatable bonds is 4. The number of hydrogen-bond acceptors (Lipinski definition) is 1. The highest BCUT2D eigenvalue weighted by atomic mass is 79.9. The lowest BCUT2D eigenvalue weighted by Crippen LogP contribution is -2.24. The average Bonchev–Trinajstić information content (AvgIpc) is 2.50. The van der Waals surface area contributed by atoms with Crippen molar-refractivity contribution in [3.63, 3.8) is 0 Å². The summed E-state index contributed by atoms with van der Waals surface area (Å²) in [6, 6.07) is 10.5. The average molecular weight is 366 g/mol. The SMILES string of the molecule is CN(Cc1ccc(F)cc1)C(=O)C=Cc1cc(Br)ccc1F. The third-order valence-electron chi connectivity index (χ3n) is 3.07. The Morgan fingerprint density at radius 2 is 1.86 bits per heavy atom. The van der Waals surface area contributed by atoms with E-state index in [0.29, 0.717) is 12.1 Å². The van der Waals surface area contributed by atoms with E-state index in [4.69, 9.17) is 0 Å². The van der Waals surface area contributed by atoms with Crippen molar-refractivity contribution in [1.29, 1.82) is 0 Å². The summed E-state index contributed by atoms with van der Waals surface area (Å²) < 4.78 is 27.1. The van der Waals surface area contributed by atoms with Crippen LogP contribution in [0.25, 0.3) is 6.08 Å². The van der Waals surface area contributed by atoms with Crippen LogP contribution in [-0.4, -0.2) is 17.9 Å². The third kappa shape index (κ3) is 4.49. The van der Waals surface area contributed by atoms with Gasteiger partial charge in [0.2, 0.25) is 5.91 Å². The van der Waals surface area contributed by atoms with E-state index >= 15 is 0 Å². The lowest BCUT2D eigenvalue weighted by atomic mass is 10.2. The van der Waals surface area contributed by atoms with E-state index in [0.717, 1.165) is 10.0 Å². The molecule has 0 aliphatic rings. The van der Waals surface area contributed by atoms with Crippen LogP contribution in [0.4, 0.5) is 8.78 Å². The molecule has 22 heavy (non-hydrogen) atoms. The highest BCUT2D eigenvalue weighted by Gasteiger charge is 2.07. The normalized spacial score (nSPS) is 10.9. The van der Waals surface area contributed by atoms with Crippen LogP contribution in [0, 0.1) is 11.6 Å². The molecule has 0 saturated heterocycles. The van der Waals surface area contributed by atoms with Gasteiger partial charge in [-0.3, -0.25) is 4.79 Å². The maximum atomic E-state index is 13.6. The summed E-state index contributed by atoms with van der Waals surface area (Å²) in [4.78, 5) is 13.5. The fourth-order valence-corrected chi connectivity index (χ4v) is 2.25. The Kier molecular flexibility index (Phi) is 5.44. The first-order valence-electron chi connectivity index (χ1n) is 6.58. The second-order valence-corrected chi connectivity index (χ2v) is 5.74. The summed E-state index contributed by atoms with van der Waals surface area (Å²) in [6.07, 6.45) is 2.75. The van der Waals surface area contributed by atoms with E-state index in [1.807, 2.05) is 0 Å². The fourth-order valence-electron chi connectivity index (χ4n) is 1.87. The smallest absolute Gasteiger partial charge is 0.246 e. The first-order chi connectivity index (χ1) is 10.5. The van der Waals surface area contributed by atoms with Gasteiger partial charge in [-0.1, -0.05) is 28.1 Å². The molecule has 0 atom stereocenters. The summed E-state index contributed by atoms with van der Waals surface area (Å²) in [5.41, 5.74) is 1.15. The molecular formula is C17H14BrF2NO. The number of halogens is 3. The van der Waals surface area contributed by atoms with E-state index in [2.05, 4.69) is 15.9 Å². The Bertz CT molecular complexity index is 698. The Morgan fingerprint density at radius 3 is 2.55 bits per heavy atom. The second-order valence-electron chi connectivity index (χ2n) is 4.82. The van der Waals surface area contributed by atoms with Crippen molar-refractivity contribution in [2.45, 2.75) is 6.54 Å². The molecule has 2 nitrogen and oxygen atoms in total. The molecule has 2 rings (SSSR count). The highest BCUT2D eigenvalue weighted by Crippen LogP contribution is 2.17.